The van der Waals surface area contributed by atoms with E-state index in [0.717, 1.165) is 25.9 Å². The molecule has 2 saturated heterocycles. The van der Waals surface area contributed by atoms with Gasteiger partial charge in [0, 0.05) is 38.9 Å². The summed E-state index contributed by atoms with van der Waals surface area (Å²) in [5.41, 5.74) is 0. The highest BCUT2D eigenvalue weighted by Gasteiger charge is 2.29. The number of piperidine rings is 1. The van der Waals surface area contributed by atoms with Crippen molar-refractivity contribution in [1.29, 1.82) is 0 Å². The van der Waals surface area contributed by atoms with Crippen molar-refractivity contribution in [3.8, 4) is 0 Å². The molecule has 2 aliphatic heterocycles. The number of rotatable bonds is 5. The molecule has 2 aliphatic rings. The zero-order valence-corrected chi connectivity index (χ0v) is 11.0. The Balaban J connectivity index is 1.77. The van der Waals surface area contributed by atoms with E-state index in [2.05, 4.69) is 4.90 Å². The predicted molar refractivity (Wildman–Crippen MR) is 67.4 cm³/mol. The number of amides is 2. The summed E-state index contributed by atoms with van der Waals surface area (Å²) < 4.78 is 0. The topological polar surface area (TPSA) is 77.9 Å². The average Bonchev–Trinajstić information content (AvgIpc) is 2.66. The van der Waals surface area contributed by atoms with Gasteiger partial charge < -0.3 is 10.0 Å². The molecule has 0 aromatic carbocycles. The summed E-state index contributed by atoms with van der Waals surface area (Å²) in [5, 5.41) is 8.81. The van der Waals surface area contributed by atoms with E-state index in [9.17, 15) is 14.4 Å². The van der Waals surface area contributed by atoms with E-state index in [1.165, 1.54) is 4.90 Å². The van der Waals surface area contributed by atoms with E-state index < -0.39 is 5.97 Å². The van der Waals surface area contributed by atoms with Crippen molar-refractivity contribution < 1.29 is 19.5 Å². The molecule has 0 bridgehead atoms. The Kier molecular flexibility index (Phi) is 4.52. The maximum Gasteiger partial charge on any atom is 0.303 e. The minimum absolute atomic E-state index is 0.0795. The second-order valence-corrected chi connectivity index (χ2v) is 5.35. The smallest absolute Gasteiger partial charge is 0.303 e. The van der Waals surface area contributed by atoms with Crippen molar-refractivity contribution in [2.75, 3.05) is 26.2 Å². The third-order valence-electron chi connectivity index (χ3n) is 3.86. The van der Waals surface area contributed by atoms with Gasteiger partial charge in [-0.25, -0.2) is 0 Å². The normalized spacial score (nSPS) is 25.1. The molecular weight excluding hydrogens is 248 g/mol. The van der Waals surface area contributed by atoms with Crippen LogP contribution in [0.3, 0.4) is 0 Å². The Morgan fingerprint density at radius 3 is 2.53 bits per heavy atom. The molecule has 1 N–H and O–H groups in total. The van der Waals surface area contributed by atoms with Gasteiger partial charge in [-0.15, -0.1) is 0 Å². The zero-order chi connectivity index (χ0) is 13.8. The molecule has 1 unspecified atom stereocenters. The number of carboxylic acids is 1. The lowest BCUT2D eigenvalue weighted by molar-refractivity contribution is -0.139. The van der Waals surface area contributed by atoms with Crippen molar-refractivity contribution in [3.05, 3.63) is 0 Å². The summed E-state index contributed by atoms with van der Waals surface area (Å²) >= 11 is 0. The maximum atomic E-state index is 11.5. The van der Waals surface area contributed by atoms with Crippen LogP contribution in [0, 0.1) is 5.92 Å². The van der Waals surface area contributed by atoms with Gasteiger partial charge >= 0.3 is 5.97 Å². The van der Waals surface area contributed by atoms with Crippen molar-refractivity contribution in [2.24, 2.45) is 5.92 Å². The molecule has 106 valence electrons. The first-order valence-corrected chi connectivity index (χ1v) is 6.83. The molecule has 0 aromatic heterocycles. The number of carbonyl (C=O) groups is 3. The van der Waals surface area contributed by atoms with Crippen LogP contribution in [0.4, 0.5) is 0 Å². The first kappa shape index (κ1) is 14.0. The Labute approximate surface area is 112 Å². The fourth-order valence-electron chi connectivity index (χ4n) is 2.88. The number of carboxylic acid groups (broad SMARTS) is 1. The van der Waals surface area contributed by atoms with Crippen molar-refractivity contribution >= 4 is 17.8 Å². The summed E-state index contributed by atoms with van der Waals surface area (Å²) in [7, 11) is 0. The van der Waals surface area contributed by atoms with Crippen LogP contribution in [0.25, 0.3) is 0 Å². The zero-order valence-electron chi connectivity index (χ0n) is 11.0. The summed E-state index contributed by atoms with van der Waals surface area (Å²) in [6.07, 6.45) is 2.81. The Morgan fingerprint density at radius 2 is 1.89 bits per heavy atom. The van der Waals surface area contributed by atoms with Gasteiger partial charge in [0.1, 0.15) is 0 Å². The van der Waals surface area contributed by atoms with Crippen LogP contribution in [-0.4, -0.2) is 58.9 Å². The highest BCUT2D eigenvalue weighted by Crippen LogP contribution is 2.20. The van der Waals surface area contributed by atoms with E-state index >= 15 is 0 Å². The lowest BCUT2D eigenvalue weighted by atomic mass is 9.95. The maximum absolute atomic E-state index is 11.5. The van der Waals surface area contributed by atoms with E-state index in [-0.39, 0.29) is 24.2 Å². The number of likely N-dealkylation sites (tertiary alicyclic amines) is 2. The Hall–Kier alpha value is -1.43. The van der Waals surface area contributed by atoms with Gasteiger partial charge in [0.2, 0.25) is 11.8 Å². The minimum atomic E-state index is -0.753. The number of hydrogen-bond acceptors (Lipinski definition) is 4. The second-order valence-electron chi connectivity index (χ2n) is 5.35. The molecule has 0 aliphatic carbocycles. The van der Waals surface area contributed by atoms with Crippen LogP contribution < -0.4 is 0 Å². The van der Waals surface area contributed by atoms with Crippen LogP contribution in [0.5, 0.6) is 0 Å². The van der Waals surface area contributed by atoms with Crippen LogP contribution >= 0.6 is 0 Å². The van der Waals surface area contributed by atoms with Gasteiger partial charge in [-0.1, -0.05) is 0 Å². The molecular formula is C13H20N2O4. The summed E-state index contributed by atoms with van der Waals surface area (Å²) in [6, 6.07) is 0. The monoisotopic (exact) mass is 268 g/mol. The molecule has 6 nitrogen and oxygen atoms in total. The highest BCUT2D eigenvalue weighted by atomic mass is 16.4. The average molecular weight is 268 g/mol. The quantitative estimate of drug-likeness (QED) is 0.727. The lowest BCUT2D eigenvalue weighted by Gasteiger charge is -2.32. The van der Waals surface area contributed by atoms with Crippen LogP contribution in [0.15, 0.2) is 0 Å². The van der Waals surface area contributed by atoms with E-state index in [0.29, 0.717) is 25.9 Å². The van der Waals surface area contributed by atoms with E-state index in [1.54, 1.807) is 0 Å². The number of imide groups is 1. The molecule has 0 radical (unpaired) electrons. The standard InChI is InChI=1S/C13H20N2O4/c16-11-3-4-12(17)15(11)7-6-14-5-1-2-10(9-14)8-13(18)19/h10H,1-9H2,(H,18,19). The summed E-state index contributed by atoms with van der Waals surface area (Å²) in [4.78, 5) is 37.2. The third-order valence-corrected chi connectivity index (χ3v) is 3.86. The number of aliphatic carboxylic acids is 1. The first-order valence-electron chi connectivity index (χ1n) is 6.83. The van der Waals surface area contributed by atoms with Gasteiger partial charge in [0.15, 0.2) is 0 Å². The van der Waals surface area contributed by atoms with Crippen molar-refractivity contribution in [2.45, 2.75) is 32.1 Å². The molecule has 2 amide bonds. The van der Waals surface area contributed by atoms with Gasteiger partial charge in [-0.3, -0.25) is 19.3 Å². The Morgan fingerprint density at radius 1 is 1.21 bits per heavy atom. The fourth-order valence-corrected chi connectivity index (χ4v) is 2.88. The van der Waals surface area contributed by atoms with Gasteiger partial charge in [-0.05, 0) is 25.3 Å². The SMILES string of the molecule is O=C(O)CC1CCCN(CCN2C(=O)CCC2=O)C1. The summed E-state index contributed by atoms with van der Waals surface area (Å²) in [6.45, 7) is 2.78. The first-order chi connectivity index (χ1) is 9.06. The van der Waals surface area contributed by atoms with E-state index in [1.807, 2.05) is 0 Å². The van der Waals surface area contributed by atoms with Crippen molar-refractivity contribution in [3.63, 3.8) is 0 Å². The van der Waals surface area contributed by atoms with Gasteiger partial charge in [0.25, 0.3) is 0 Å². The molecule has 0 spiro atoms. The van der Waals surface area contributed by atoms with E-state index in [4.69, 9.17) is 5.11 Å². The van der Waals surface area contributed by atoms with Crippen LogP contribution in [0.2, 0.25) is 0 Å². The molecule has 0 saturated carbocycles. The number of carbonyl (C=O) groups excluding carboxylic acids is 2. The Bertz CT molecular complexity index is 367. The largest absolute Gasteiger partial charge is 0.481 e. The lowest BCUT2D eigenvalue weighted by Crippen LogP contribution is -2.42. The molecule has 2 fully saturated rings. The summed E-state index contributed by atoms with van der Waals surface area (Å²) in [5.74, 6) is -0.721. The molecule has 0 aromatic rings. The molecule has 2 rings (SSSR count). The number of hydrogen-bond donors (Lipinski definition) is 1. The highest BCUT2D eigenvalue weighted by molar-refractivity contribution is 6.01. The minimum Gasteiger partial charge on any atom is -0.481 e. The van der Waals surface area contributed by atoms with Crippen LogP contribution in [-0.2, 0) is 14.4 Å². The molecule has 6 heteroatoms. The van der Waals surface area contributed by atoms with Crippen LogP contribution in [0.1, 0.15) is 32.1 Å². The van der Waals surface area contributed by atoms with Gasteiger partial charge in [-0.2, -0.15) is 0 Å². The third kappa shape index (κ3) is 3.76. The molecule has 1 atom stereocenters. The fraction of sp³-hybridized carbons (Fsp3) is 0.769. The van der Waals surface area contributed by atoms with Crippen molar-refractivity contribution in [1.82, 2.24) is 9.80 Å². The molecule has 19 heavy (non-hydrogen) atoms. The number of nitrogens with zero attached hydrogens (tertiary/aromatic N) is 2. The predicted octanol–water partition coefficient (Wildman–Crippen LogP) is 0.322. The molecule has 2 heterocycles. The second kappa shape index (κ2) is 6.14. The van der Waals surface area contributed by atoms with Gasteiger partial charge in [0.05, 0.1) is 0 Å².